The summed E-state index contributed by atoms with van der Waals surface area (Å²) in [6, 6.07) is 4.43. The smallest absolute Gasteiger partial charge is 0.200 e. The van der Waals surface area contributed by atoms with Crippen LogP contribution in [0.1, 0.15) is 32.5 Å². The highest BCUT2D eigenvalue weighted by atomic mass is 32.2. The van der Waals surface area contributed by atoms with Crippen LogP contribution in [0.15, 0.2) is 51.8 Å². The van der Waals surface area contributed by atoms with E-state index < -0.39 is 11.6 Å². The van der Waals surface area contributed by atoms with Crippen molar-refractivity contribution in [2.24, 2.45) is 9.98 Å². The number of aliphatic imine (C=N–C) groups is 2. The minimum Gasteiger partial charge on any atom is -0.490 e. The molecule has 1 atom stereocenters. The molecule has 2 aromatic rings. The van der Waals surface area contributed by atoms with Crippen molar-refractivity contribution < 1.29 is 13.5 Å². The monoisotopic (exact) mass is 459 g/mol. The number of halogens is 2. The van der Waals surface area contributed by atoms with E-state index in [2.05, 4.69) is 26.7 Å². The van der Waals surface area contributed by atoms with E-state index in [4.69, 9.17) is 4.74 Å². The number of anilines is 1. The second kappa shape index (κ2) is 11.2. The molecule has 1 unspecified atom stereocenters. The lowest BCUT2D eigenvalue weighted by atomic mass is 9.98. The summed E-state index contributed by atoms with van der Waals surface area (Å²) in [5, 5.41) is 0. The third kappa shape index (κ3) is 5.51. The minimum absolute atomic E-state index is 0.0573. The first-order chi connectivity index (χ1) is 15.5. The predicted octanol–water partition coefficient (Wildman–Crippen LogP) is 4.91. The lowest BCUT2D eigenvalue weighted by Crippen LogP contribution is -2.39. The molecule has 0 amide bonds. The molecular formula is C23H27F2N5OS. The maximum atomic E-state index is 14.3. The number of benzene rings is 1. The Bertz CT molecular complexity index is 1010. The summed E-state index contributed by atoms with van der Waals surface area (Å²) in [4.78, 5) is 19.0. The number of hydrogen-bond donors (Lipinski definition) is 0. The van der Waals surface area contributed by atoms with Gasteiger partial charge >= 0.3 is 0 Å². The molecule has 0 saturated heterocycles. The van der Waals surface area contributed by atoms with E-state index in [-0.39, 0.29) is 11.8 Å². The number of hydrogen-bond acceptors (Lipinski definition) is 6. The van der Waals surface area contributed by atoms with Crippen molar-refractivity contribution in [2.75, 3.05) is 30.1 Å². The van der Waals surface area contributed by atoms with Gasteiger partial charge in [-0.25, -0.2) is 24.3 Å². The third-order valence-corrected chi connectivity index (χ3v) is 6.05. The first-order valence-corrected chi connectivity index (χ1v) is 11.8. The highest BCUT2D eigenvalue weighted by Gasteiger charge is 2.26. The number of rotatable bonds is 8. The van der Waals surface area contributed by atoms with Gasteiger partial charge in [-0.15, -0.1) is 0 Å². The van der Waals surface area contributed by atoms with Crippen LogP contribution < -0.4 is 9.64 Å². The Morgan fingerprint density at radius 1 is 1.31 bits per heavy atom. The van der Waals surface area contributed by atoms with Crippen LogP contribution in [0.4, 0.5) is 14.5 Å². The Morgan fingerprint density at radius 2 is 2.06 bits per heavy atom. The van der Waals surface area contributed by atoms with Crippen molar-refractivity contribution in [3.8, 4) is 5.75 Å². The lowest BCUT2D eigenvalue weighted by molar-refractivity contribution is 0.296. The average molecular weight is 460 g/mol. The molecule has 0 radical (unpaired) electrons. The maximum Gasteiger partial charge on any atom is 0.200 e. The van der Waals surface area contributed by atoms with Gasteiger partial charge in [0.1, 0.15) is 0 Å². The van der Waals surface area contributed by atoms with Gasteiger partial charge in [0.05, 0.1) is 6.61 Å². The third-order valence-electron chi connectivity index (χ3n) is 5.36. The summed E-state index contributed by atoms with van der Waals surface area (Å²) in [5.41, 5.74) is 2.44. The quantitative estimate of drug-likeness (QED) is 0.319. The van der Waals surface area contributed by atoms with Crippen molar-refractivity contribution in [2.45, 2.75) is 32.7 Å². The first-order valence-electron chi connectivity index (χ1n) is 10.4. The van der Waals surface area contributed by atoms with Gasteiger partial charge in [-0.1, -0.05) is 0 Å². The largest absolute Gasteiger partial charge is 0.490 e. The molecule has 9 heteroatoms. The van der Waals surface area contributed by atoms with Crippen LogP contribution in [0.3, 0.4) is 0 Å². The molecule has 1 aromatic heterocycles. The van der Waals surface area contributed by atoms with E-state index in [0.717, 1.165) is 23.4 Å². The zero-order valence-electron chi connectivity index (χ0n) is 18.5. The maximum absolute atomic E-state index is 14.3. The topological polar surface area (TPSA) is 63.0 Å². The van der Waals surface area contributed by atoms with Crippen LogP contribution in [0.2, 0.25) is 0 Å². The van der Waals surface area contributed by atoms with Crippen LogP contribution >= 0.6 is 11.8 Å². The minimum atomic E-state index is -0.954. The molecule has 32 heavy (non-hydrogen) atoms. The molecule has 1 aromatic carbocycles. The molecule has 0 bridgehead atoms. The zero-order valence-corrected chi connectivity index (χ0v) is 19.3. The Hall–Kier alpha value is -2.81. The van der Waals surface area contributed by atoms with Gasteiger partial charge in [-0.05, 0) is 50.6 Å². The van der Waals surface area contributed by atoms with Crippen molar-refractivity contribution in [1.29, 1.82) is 0 Å². The van der Waals surface area contributed by atoms with Crippen molar-refractivity contribution >= 4 is 30.0 Å². The number of amidine groups is 1. The van der Waals surface area contributed by atoms with E-state index in [1.54, 1.807) is 36.3 Å². The summed E-state index contributed by atoms with van der Waals surface area (Å²) in [6.07, 6.45) is 6.61. The second-order valence-corrected chi connectivity index (χ2v) is 8.34. The van der Waals surface area contributed by atoms with Gasteiger partial charge in [0.25, 0.3) is 0 Å². The number of thioether (sulfide) groups is 1. The van der Waals surface area contributed by atoms with Crippen LogP contribution in [0, 0.1) is 11.6 Å². The van der Waals surface area contributed by atoms with Crippen molar-refractivity contribution in [3.63, 3.8) is 0 Å². The van der Waals surface area contributed by atoms with Crippen molar-refractivity contribution in [1.82, 2.24) is 9.97 Å². The standard InChI is InChI=1S/C23H27F2N5OS/c1-15-16(2)30(10-7-19(15)29-22(26-3)23-27-8-5-9-28-23)17-13-18(24)21(25)20(14-17)31-11-6-12-32-4/h5,8-9,13-14,16H,3,6-7,10-12H2,1-2,4H3. The molecule has 2 heterocycles. The second-order valence-electron chi connectivity index (χ2n) is 7.35. The van der Waals surface area contributed by atoms with E-state index in [9.17, 15) is 8.78 Å². The summed E-state index contributed by atoms with van der Waals surface area (Å²) in [5.74, 6) is -0.270. The Labute approximate surface area is 191 Å². The molecule has 0 spiro atoms. The molecule has 1 aliphatic rings. The van der Waals surface area contributed by atoms with E-state index in [1.165, 1.54) is 6.07 Å². The first kappa shape index (κ1) is 23.8. The highest BCUT2D eigenvalue weighted by Crippen LogP contribution is 2.34. The fourth-order valence-corrected chi connectivity index (χ4v) is 3.90. The Morgan fingerprint density at radius 3 is 2.75 bits per heavy atom. The summed E-state index contributed by atoms with van der Waals surface area (Å²) >= 11 is 1.68. The van der Waals surface area contributed by atoms with Crippen LogP contribution in [0.25, 0.3) is 0 Å². The highest BCUT2D eigenvalue weighted by molar-refractivity contribution is 7.98. The number of ether oxygens (including phenoxy) is 1. The SMILES string of the molecule is C=NC(=NC1=C(C)C(C)N(c2cc(F)c(F)c(OCCCSC)c2)CC1)c1ncccn1. The van der Waals surface area contributed by atoms with Crippen molar-refractivity contribution in [3.05, 3.63) is 59.3 Å². The van der Waals surface area contributed by atoms with Gasteiger partial charge < -0.3 is 9.64 Å². The number of nitrogens with zero attached hydrogens (tertiary/aromatic N) is 5. The van der Waals surface area contributed by atoms with Gasteiger partial charge in [-0.3, -0.25) is 0 Å². The molecular weight excluding hydrogens is 432 g/mol. The van der Waals surface area contributed by atoms with Crippen LogP contribution in [-0.4, -0.2) is 53.7 Å². The average Bonchev–Trinajstić information content (AvgIpc) is 2.81. The summed E-state index contributed by atoms with van der Waals surface area (Å²) in [6.45, 7) is 8.48. The van der Waals surface area contributed by atoms with Gasteiger partial charge in [0, 0.05) is 54.9 Å². The molecule has 170 valence electrons. The van der Waals surface area contributed by atoms with Crippen LogP contribution in [0.5, 0.6) is 5.75 Å². The molecule has 1 aliphatic heterocycles. The fourth-order valence-electron chi connectivity index (χ4n) is 3.49. The fraction of sp³-hybridized carbons (Fsp3) is 0.391. The Kier molecular flexibility index (Phi) is 8.33. The predicted molar refractivity (Wildman–Crippen MR) is 127 cm³/mol. The normalized spacial score (nSPS) is 17.0. The van der Waals surface area contributed by atoms with E-state index >= 15 is 0 Å². The molecule has 0 saturated carbocycles. The zero-order chi connectivity index (χ0) is 23.1. The Balaban J connectivity index is 1.85. The van der Waals surface area contributed by atoms with Gasteiger partial charge in [-0.2, -0.15) is 16.2 Å². The number of aromatic nitrogens is 2. The van der Waals surface area contributed by atoms with Crippen LogP contribution in [-0.2, 0) is 0 Å². The summed E-state index contributed by atoms with van der Waals surface area (Å²) < 4.78 is 34.1. The molecule has 0 fully saturated rings. The molecule has 0 aliphatic carbocycles. The molecule has 3 rings (SSSR count). The lowest BCUT2D eigenvalue weighted by Gasteiger charge is -2.37. The molecule has 0 N–H and O–H groups in total. The van der Waals surface area contributed by atoms with E-state index in [1.807, 2.05) is 25.0 Å². The molecule has 6 nitrogen and oxygen atoms in total. The summed E-state index contributed by atoms with van der Waals surface area (Å²) in [7, 11) is 0. The van der Waals surface area contributed by atoms with E-state index in [0.29, 0.717) is 36.9 Å². The van der Waals surface area contributed by atoms with Gasteiger partial charge in [0.2, 0.25) is 5.82 Å². The van der Waals surface area contributed by atoms with Gasteiger partial charge in [0.15, 0.2) is 23.2 Å².